The average molecular weight is 323 g/mol. The van der Waals surface area contributed by atoms with Gasteiger partial charge in [-0.1, -0.05) is 23.4 Å². The largest absolute Gasteiger partial charge is 0.355 e. The molecule has 0 aliphatic heterocycles. The Kier molecular flexibility index (Phi) is 5.99. The summed E-state index contributed by atoms with van der Waals surface area (Å²) in [5.41, 5.74) is 1.30. The van der Waals surface area contributed by atoms with Crippen molar-refractivity contribution in [2.24, 2.45) is 0 Å². The van der Waals surface area contributed by atoms with Gasteiger partial charge in [0.1, 0.15) is 0 Å². The van der Waals surface area contributed by atoms with E-state index in [-0.39, 0.29) is 11.4 Å². The lowest BCUT2D eigenvalue weighted by Gasteiger charge is -2.19. The lowest BCUT2D eigenvalue weighted by atomic mass is 9.97. The Hall–Kier alpha value is -1.37. The van der Waals surface area contributed by atoms with Gasteiger partial charge in [-0.3, -0.25) is 4.79 Å². The number of hydrogen-bond donors (Lipinski definition) is 1. The third kappa shape index (κ3) is 5.12. The number of carbonyl (C=O) groups excluding carboxylic acids is 1. The zero-order chi connectivity index (χ0) is 16.0. The minimum atomic E-state index is -0.185. The van der Waals surface area contributed by atoms with Gasteiger partial charge in [0, 0.05) is 6.54 Å². The van der Waals surface area contributed by atoms with Crippen LogP contribution in [0.3, 0.4) is 0 Å². The highest BCUT2D eigenvalue weighted by molar-refractivity contribution is 7.99. The predicted molar refractivity (Wildman–Crippen MR) is 87.7 cm³/mol. The van der Waals surface area contributed by atoms with Crippen LogP contribution in [-0.2, 0) is 10.3 Å². The number of amides is 1. The maximum Gasteiger partial charge on any atom is 0.230 e. The molecule has 0 aromatic carbocycles. The molecule has 0 saturated carbocycles. The highest BCUT2D eigenvalue weighted by Crippen LogP contribution is 2.21. The molecule has 0 atom stereocenters. The fraction of sp³-hybridized carbons (Fsp3) is 0.733. The van der Waals surface area contributed by atoms with Gasteiger partial charge < -0.3 is 5.32 Å². The van der Waals surface area contributed by atoms with Crippen molar-refractivity contribution in [2.45, 2.75) is 63.6 Å². The molecular formula is C15H25N5OS. The standard InChI is InChI=1S/C15H25N5OS/c1-15(2,3)20-14(17-18-19-20)22-11-13(21)16-10-9-12-7-5-4-6-8-12/h7H,4-6,8-11H2,1-3H3,(H,16,21). The summed E-state index contributed by atoms with van der Waals surface area (Å²) >= 11 is 1.37. The summed E-state index contributed by atoms with van der Waals surface area (Å²) in [7, 11) is 0. The molecule has 1 aromatic rings. The molecule has 0 fully saturated rings. The maximum absolute atomic E-state index is 11.9. The molecule has 22 heavy (non-hydrogen) atoms. The van der Waals surface area contributed by atoms with E-state index < -0.39 is 0 Å². The smallest absolute Gasteiger partial charge is 0.230 e. The SMILES string of the molecule is CC(C)(C)n1nnnc1SCC(=O)NCCC1=CCCCC1. The molecule has 1 amide bonds. The molecule has 0 saturated heterocycles. The first-order valence-corrected chi connectivity index (χ1v) is 8.81. The molecule has 1 aliphatic rings. The molecule has 1 aliphatic carbocycles. The van der Waals surface area contributed by atoms with Crippen molar-refractivity contribution in [1.82, 2.24) is 25.5 Å². The third-order valence-corrected chi connectivity index (χ3v) is 4.48. The van der Waals surface area contributed by atoms with Crippen molar-refractivity contribution in [3.8, 4) is 0 Å². The molecule has 122 valence electrons. The molecule has 0 bridgehead atoms. The van der Waals surface area contributed by atoms with E-state index in [9.17, 15) is 4.79 Å². The van der Waals surface area contributed by atoms with Gasteiger partial charge in [0.25, 0.3) is 0 Å². The monoisotopic (exact) mass is 323 g/mol. The summed E-state index contributed by atoms with van der Waals surface area (Å²) in [6.07, 6.45) is 8.25. The van der Waals surface area contributed by atoms with Gasteiger partial charge in [-0.15, -0.1) is 5.10 Å². The molecule has 0 unspecified atom stereocenters. The normalized spacial score (nSPS) is 15.5. The number of carbonyl (C=O) groups is 1. The number of aromatic nitrogens is 4. The number of hydrogen-bond acceptors (Lipinski definition) is 5. The van der Waals surface area contributed by atoms with Crippen LogP contribution >= 0.6 is 11.8 Å². The van der Waals surface area contributed by atoms with Crippen LogP contribution in [0.5, 0.6) is 0 Å². The summed E-state index contributed by atoms with van der Waals surface area (Å²) in [5, 5.41) is 15.3. The average Bonchev–Trinajstić information content (AvgIpc) is 2.95. The van der Waals surface area contributed by atoms with Gasteiger partial charge in [0.15, 0.2) is 0 Å². The van der Waals surface area contributed by atoms with Crippen LogP contribution in [-0.4, -0.2) is 38.4 Å². The molecule has 6 nitrogen and oxygen atoms in total. The van der Waals surface area contributed by atoms with E-state index in [0.717, 1.165) is 13.0 Å². The quantitative estimate of drug-likeness (QED) is 0.643. The van der Waals surface area contributed by atoms with Gasteiger partial charge in [0.05, 0.1) is 11.3 Å². The van der Waals surface area contributed by atoms with Crippen molar-refractivity contribution in [2.75, 3.05) is 12.3 Å². The first-order chi connectivity index (χ1) is 10.5. The molecule has 1 heterocycles. The summed E-state index contributed by atoms with van der Waals surface area (Å²) in [4.78, 5) is 11.9. The van der Waals surface area contributed by atoms with Crippen LogP contribution in [0.4, 0.5) is 0 Å². The fourth-order valence-electron chi connectivity index (χ4n) is 2.37. The molecule has 1 N–H and O–H groups in total. The van der Waals surface area contributed by atoms with Crippen molar-refractivity contribution in [3.05, 3.63) is 11.6 Å². The maximum atomic E-state index is 11.9. The van der Waals surface area contributed by atoms with Gasteiger partial charge in [-0.05, 0) is 63.3 Å². The Morgan fingerprint density at radius 3 is 2.91 bits per heavy atom. The molecule has 7 heteroatoms. The number of thioether (sulfide) groups is 1. The van der Waals surface area contributed by atoms with E-state index >= 15 is 0 Å². The minimum Gasteiger partial charge on any atom is -0.355 e. The lowest BCUT2D eigenvalue weighted by Crippen LogP contribution is -2.28. The van der Waals surface area contributed by atoms with Crippen LogP contribution in [0.15, 0.2) is 16.8 Å². The second kappa shape index (κ2) is 7.76. The van der Waals surface area contributed by atoms with E-state index in [4.69, 9.17) is 0 Å². The topological polar surface area (TPSA) is 72.7 Å². The minimum absolute atomic E-state index is 0.0323. The highest BCUT2D eigenvalue weighted by atomic mass is 32.2. The molecular weight excluding hydrogens is 298 g/mol. The Balaban J connectivity index is 1.72. The first-order valence-electron chi connectivity index (χ1n) is 7.83. The number of nitrogens with one attached hydrogen (secondary N) is 1. The third-order valence-electron chi connectivity index (χ3n) is 3.56. The second-order valence-corrected chi connectivity index (χ2v) is 7.48. The first kappa shape index (κ1) is 17.0. The Labute approximate surface area is 136 Å². The summed E-state index contributed by atoms with van der Waals surface area (Å²) in [5.74, 6) is 0.375. The number of tetrazole rings is 1. The highest BCUT2D eigenvalue weighted by Gasteiger charge is 2.20. The van der Waals surface area contributed by atoms with E-state index in [1.807, 2.05) is 20.8 Å². The van der Waals surface area contributed by atoms with E-state index in [2.05, 4.69) is 26.9 Å². The van der Waals surface area contributed by atoms with Crippen LogP contribution in [0.2, 0.25) is 0 Å². The lowest BCUT2D eigenvalue weighted by molar-refractivity contribution is -0.118. The zero-order valence-corrected chi connectivity index (χ0v) is 14.4. The second-order valence-electron chi connectivity index (χ2n) is 6.54. The Morgan fingerprint density at radius 1 is 1.41 bits per heavy atom. The van der Waals surface area contributed by atoms with Gasteiger partial charge in [-0.25, -0.2) is 4.68 Å². The molecule has 2 rings (SSSR count). The predicted octanol–water partition coefficient (Wildman–Crippen LogP) is 2.53. The molecule has 0 radical (unpaired) electrons. The van der Waals surface area contributed by atoms with Crippen molar-refractivity contribution < 1.29 is 4.79 Å². The van der Waals surface area contributed by atoms with Crippen LogP contribution in [0.1, 0.15) is 52.9 Å². The van der Waals surface area contributed by atoms with Crippen molar-refractivity contribution >= 4 is 17.7 Å². The van der Waals surface area contributed by atoms with E-state index in [1.165, 1.54) is 43.0 Å². The van der Waals surface area contributed by atoms with E-state index in [0.29, 0.717) is 10.9 Å². The van der Waals surface area contributed by atoms with Gasteiger partial charge in [0.2, 0.25) is 11.1 Å². The summed E-state index contributed by atoms with van der Waals surface area (Å²) < 4.78 is 1.75. The van der Waals surface area contributed by atoms with Crippen molar-refractivity contribution in [3.63, 3.8) is 0 Å². The number of rotatable bonds is 6. The Bertz CT molecular complexity index is 532. The summed E-state index contributed by atoms with van der Waals surface area (Å²) in [6.45, 7) is 6.82. The van der Waals surface area contributed by atoms with E-state index in [1.54, 1.807) is 4.68 Å². The number of nitrogens with zero attached hydrogens (tertiary/aromatic N) is 4. The molecule has 1 aromatic heterocycles. The molecule has 0 spiro atoms. The zero-order valence-electron chi connectivity index (χ0n) is 13.6. The Morgan fingerprint density at radius 2 is 2.23 bits per heavy atom. The van der Waals surface area contributed by atoms with Crippen LogP contribution in [0, 0.1) is 0 Å². The van der Waals surface area contributed by atoms with Crippen molar-refractivity contribution in [1.29, 1.82) is 0 Å². The van der Waals surface area contributed by atoms with Crippen LogP contribution in [0.25, 0.3) is 0 Å². The summed E-state index contributed by atoms with van der Waals surface area (Å²) in [6, 6.07) is 0. The van der Waals surface area contributed by atoms with Crippen LogP contribution < -0.4 is 5.32 Å². The fourth-order valence-corrected chi connectivity index (χ4v) is 3.25. The van der Waals surface area contributed by atoms with Gasteiger partial charge >= 0.3 is 0 Å². The van der Waals surface area contributed by atoms with Gasteiger partial charge in [-0.2, -0.15) is 0 Å². The number of allylic oxidation sites excluding steroid dienone is 1.